The van der Waals surface area contributed by atoms with Crippen molar-refractivity contribution in [1.82, 2.24) is 20.6 Å². The van der Waals surface area contributed by atoms with E-state index in [-0.39, 0.29) is 23.2 Å². The molecule has 0 unspecified atom stereocenters. The summed E-state index contributed by atoms with van der Waals surface area (Å²) in [5.41, 5.74) is 3.75. The van der Waals surface area contributed by atoms with Gasteiger partial charge < -0.3 is 25.0 Å². The van der Waals surface area contributed by atoms with Crippen LogP contribution in [0.25, 0.3) is 10.9 Å². The van der Waals surface area contributed by atoms with Crippen molar-refractivity contribution in [1.29, 1.82) is 0 Å². The van der Waals surface area contributed by atoms with Gasteiger partial charge in [-0.15, -0.1) is 0 Å². The van der Waals surface area contributed by atoms with Crippen molar-refractivity contribution in [2.75, 3.05) is 38.3 Å². The van der Waals surface area contributed by atoms with Crippen LogP contribution in [0.2, 0.25) is 0 Å². The van der Waals surface area contributed by atoms with Gasteiger partial charge in [-0.2, -0.15) is 0 Å². The van der Waals surface area contributed by atoms with Crippen LogP contribution < -0.4 is 25.0 Å². The summed E-state index contributed by atoms with van der Waals surface area (Å²) in [6.45, 7) is 8.40. The quantitative estimate of drug-likeness (QED) is 0.493. The number of rotatable bonds is 7. The zero-order valence-corrected chi connectivity index (χ0v) is 21.9. The Morgan fingerprint density at radius 3 is 2.81 bits per heavy atom. The second kappa shape index (κ2) is 10.1. The third-order valence-corrected chi connectivity index (χ3v) is 7.37. The van der Waals surface area contributed by atoms with E-state index in [2.05, 4.69) is 25.5 Å². The lowest BCUT2D eigenvalue weighted by Crippen LogP contribution is -2.33. The van der Waals surface area contributed by atoms with E-state index in [0.717, 1.165) is 48.4 Å². The number of benzene rings is 1. The fraction of sp³-hybridized carbons (Fsp3) is 0.464. The van der Waals surface area contributed by atoms with Gasteiger partial charge in [-0.05, 0) is 63.8 Å². The highest BCUT2D eigenvalue weighted by atomic mass is 19.1. The smallest absolute Gasteiger partial charge is 0.255 e. The standard InChI is InChI=1S/C28H34FN5O3/c1-5-37-23-15-19(6-7-22(23)29)18(3)33-26(35)21-16-30-24-20(14-17(2)32-27(24)36-4)25(21)34-12-10-28(8-9-28)31-11-13-34/h6-7,14-16,18,31H,5,8-13H2,1-4H3,(H,33,35)/t18-/m0/s1. The van der Waals surface area contributed by atoms with Gasteiger partial charge in [-0.1, -0.05) is 6.07 Å². The molecule has 9 heteroatoms. The van der Waals surface area contributed by atoms with E-state index in [9.17, 15) is 9.18 Å². The molecule has 196 valence electrons. The Morgan fingerprint density at radius 1 is 1.27 bits per heavy atom. The van der Waals surface area contributed by atoms with Crippen LogP contribution in [-0.2, 0) is 0 Å². The Bertz CT molecular complexity index is 1330. The van der Waals surface area contributed by atoms with Crippen LogP contribution in [0.1, 0.15) is 60.8 Å². The van der Waals surface area contributed by atoms with Crippen molar-refractivity contribution in [3.05, 3.63) is 53.1 Å². The van der Waals surface area contributed by atoms with Crippen LogP contribution in [0.15, 0.2) is 30.5 Å². The lowest BCUT2D eigenvalue weighted by Gasteiger charge is -2.27. The van der Waals surface area contributed by atoms with Gasteiger partial charge in [0.1, 0.15) is 5.52 Å². The maximum Gasteiger partial charge on any atom is 0.255 e. The number of carbonyl (C=O) groups excluding carboxylic acids is 1. The van der Waals surface area contributed by atoms with Gasteiger partial charge in [-0.3, -0.25) is 4.79 Å². The van der Waals surface area contributed by atoms with Gasteiger partial charge in [-0.25, -0.2) is 14.4 Å². The van der Waals surface area contributed by atoms with E-state index in [1.807, 2.05) is 19.9 Å². The Labute approximate surface area is 216 Å². The van der Waals surface area contributed by atoms with Crippen LogP contribution in [0, 0.1) is 12.7 Å². The van der Waals surface area contributed by atoms with Gasteiger partial charge in [0.15, 0.2) is 11.6 Å². The molecule has 2 fully saturated rings. The number of halogens is 1. The van der Waals surface area contributed by atoms with Crippen molar-refractivity contribution < 1.29 is 18.7 Å². The third kappa shape index (κ3) is 5.05. The van der Waals surface area contributed by atoms with Gasteiger partial charge in [0.2, 0.25) is 5.88 Å². The molecule has 1 aromatic carbocycles. The Balaban J connectivity index is 1.52. The van der Waals surface area contributed by atoms with E-state index < -0.39 is 5.82 Å². The molecule has 1 aliphatic heterocycles. The van der Waals surface area contributed by atoms with Crippen molar-refractivity contribution in [2.24, 2.45) is 0 Å². The van der Waals surface area contributed by atoms with Crippen LogP contribution in [0.5, 0.6) is 11.6 Å². The summed E-state index contributed by atoms with van der Waals surface area (Å²) in [5, 5.41) is 7.63. The predicted octanol–water partition coefficient (Wildman–Crippen LogP) is 4.31. The maximum absolute atomic E-state index is 14.1. The van der Waals surface area contributed by atoms with E-state index in [0.29, 0.717) is 23.6 Å². The molecular formula is C28H34FN5O3. The van der Waals surface area contributed by atoms with Crippen LogP contribution in [0.3, 0.4) is 0 Å². The molecule has 3 heterocycles. The lowest BCUT2D eigenvalue weighted by atomic mass is 10.0. The van der Waals surface area contributed by atoms with Gasteiger partial charge >= 0.3 is 0 Å². The Kier molecular flexibility index (Phi) is 6.90. The Morgan fingerprint density at radius 2 is 2.08 bits per heavy atom. The van der Waals surface area contributed by atoms with E-state index in [4.69, 9.17) is 9.47 Å². The molecule has 1 amide bonds. The molecule has 2 aromatic heterocycles. The monoisotopic (exact) mass is 507 g/mol. The van der Waals surface area contributed by atoms with Crippen molar-refractivity contribution in [3.8, 4) is 11.6 Å². The first-order chi connectivity index (χ1) is 17.8. The molecule has 3 aromatic rings. The van der Waals surface area contributed by atoms with E-state index in [1.165, 1.54) is 18.9 Å². The zero-order valence-electron chi connectivity index (χ0n) is 21.9. The molecule has 1 spiro atoms. The summed E-state index contributed by atoms with van der Waals surface area (Å²) < 4.78 is 25.0. The number of nitrogens with zero attached hydrogens (tertiary/aromatic N) is 3. The van der Waals surface area contributed by atoms with Crippen LogP contribution in [-0.4, -0.2) is 54.8 Å². The molecule has 2 aliphatic rings. The molecular weight excluding hydrogens is 473 g/mol. The number of methoxy groups -OCH3 is 1. The number of nitrogens with one attached hydrogen (secondary N) is 2. The normalized spacial score (nSPS) is 17.4. The van der Waals surface area contributed by atoms with Crippen molar-refractivity contribution in [3.63, 3.8) is 0 Å². The average molecular weight is 508 g/mol. The zero-order chi connectivity index (χ0) is 26.2. The first kappa shape index (κ1) is 25.2. The summed E-state index contributed by atoms with van der Waals surface area (Å²) >= 11 is 0. The van der Waals surface area contributed by atoms with Gasteiger partial charge in [0.25, 0.3) is 5.91 Å². The number of aryl methyl sites for hydroxylation is 1. The number of pyridine rings is 2. The number of carbonyl (C=O) groups is 1. The molecule has 8 nitrogen and oxygen atoms in total. The summed E-state index contributed by atoms with van der Waals surface area (Å²) in [6, 6.07) is 6.27. The van der Waals surface area contributed by atoms with Crippen molar-refractivity contribution in [2.45, 2.75) is 51.6 Å². The fourth-order valence-corrected chi connectivity index (χ4v) is 5.15. The molecule has 0 bridgehead atoms. The first-order valence-electron chi connectivity index (χ1n) is 12.9. The second-order valence-electron chi connectivity index (χ2n) is 9.95. The number of ether oxygens (including phenoxy) is 2. The van der Waals surface area contributed by atoms with Gasteiger partial charge in [0, 0.05) is 42.5 Å². The van der Waals surface area contributed by atoms with Crippen LogP contribution >= 0.6 is 0 Å². The first-order valence-corrected chi connectivity index (χ1v) is 12.9. The minimum Gasteiger partial charge on any atom is -0.491 e. The average Bonchev–Trinajstić information content (AvgIpc) is 3.69. The largest absolute Gasteiger partial charge is 0.491 e. The maximum atomic E-state index is 14.1. The molecule has 0 radical (unpaired) electrons. The molecule has 1 saturated heterocycles. The number of amides is 1. The number of aromatic nitrogens is 2. The highest BCUT2D eigenvalue weighted by Crippen LogP contribution is 2.41. The van der Waals surface area contributed by atoms with Crippen molar-refractivity contribution >= 4 is 22.5 Å². The predicted molar refractivity (Wildman–Crippen MR) is 141 cm³/mol. The molecule has 1 aliphatic carbocycles. The number of hydrogen-bond donors (Lipinski definition) is 2. The van der Waals surface area contributed by atoms with Gasteiger partial charge in [0.05, 0.1) is 31.0 Å². The summed E-state index contributed by atoms with van der Waals surface area (Å²) in [5.74, 6) is -0.0505. The third-order valence-electron chi connectivity index (χ3n) is 7.37. The molecule has 1 atom stereocenters. The lowest BCUT2D eigenvalue weighted by molar-refractivity contribution is 0.0940. The minimum atomic E-state index is -0.425. The number of fused-ring (bicyclic) bond motifs is 1. The summed E-state index contributed by atoms with van der Waals surface area (Å²) in [7, 11) is 1.58. The van der Waals surface area contributed by atoms with E-state index >= 15 is 0 Å². The summed E-state index contributed by atoms with van der Waals surface area (Å²) in [6.07, 6.45) is 5.02. The topological polar surface area (TPSA) is 88.6 Å². The Hall–Kier alpha value is -3.46. The molecule has 2 N–H and O–H groups in total. The van der Waals surface area contributed by atoms with E-state index in [1.54, 1.807) is 32.4 Å². The summed E-state index contributed by atoms with van der Waals surface area (Å²) in [4.78, 5) is 25.1. The highest BCUT2D eigenvalue weighted by molar-refractivity contribution is 6.08. The SMILES string of the molecule is CCOc1cc([C@H](C)NC(=O)c2cnc3c(OC)nc(C)cc3c2N2CCNC3(CC2)CC3)ccc1F. The minimum absolute atomic E-state index is 0.176. The highest BCUT2D eigenvalue weighted by Gasteiger charge is 2.43. The molecule has 37 heavy (non-hydrogen) atoms. The molecule has 5 rings (SSSR count). The molecule has 1 saturated carbocycles. The fourth-order valence-electron chi connectivity index (χ4n) is 5.15. The van der Waals surface area contributed by atoms with Crippen LogP contribution in [0.4, 0.5) is 10.1 Å². The number of hydrogen-bond acceptors (Lipinski definition) is 7. The number of anilines is 1. The second-order valence-corrected chi connectivity index (χ2v) is 9.95.